The number of primary amides is 1. The number of hydrogen-bond donors (Lipinski definition) is 1. The smallest absolute Gasteiger partial charge is 0.255 e. The van der Waals surface area contributed by atoms with Crippen molar-refractivity contribution in [3.8, 4) is 5.75 Å². The van der Waals surface area contributed by atoms with Crippen LogP contribution in [0.15, 0.2) is 42.6 Å². The third kappa shape index (κ3) is 4.09. The summed E-state index contributed by atoms with van der Waals surface area (Å²) in [6, 6.07) is 11.3. The molecule has 0 aliphatic carbocycles. The lowest BCUT2D eigenvalue weighted by atomic mass is 10.0. The SMILES string of the molecule is COc1ccccc1Cc1ccc(C(=O)N2CCO[C@@](C)(C(N)=O)C2)cn1. The van der Waals surface area contributed by atoms with Gasteiger partial charge in [0.1, 0.15) is 5.75 Å². The first kappa shape index (κ1) is 18.8. The van der Waals surface area contributed by atoms with Gasteiger partial charge in [-0.2, -0.15) is 0 Å². The second-order valence-electron chi connectivity index (χ2n) is 6.70. The summed E-state index contributed by atoms with van der Waals surface area (Å²) in [5, 5.41) is 0. The minimum atomic E-state index is -1.16. The molecule has 0 radical (unpaired) electrons. The Morgan fingerprint density at radius 2 is 2.07 bits per heavy atom. The van der Waals surface area contributed by atoms with Crippen LogP contribution in [0, 0.1) is 0 Å². The van der Waals surface area contributed by atoms with E-state index in [-0.39, 0.29) is 19.1 Å². The van der Waals surface area contributed by atoms with Gasteiger partial charge in [0.2, 0.25) is 0 Å². The van der Waals surface area contributed by atoms with E-state index in [9.17, 15) is 9.59 Å². The number of amides is 2. The molecule has 2 aromatic rings. The van der Waals surface area contributed by atoms with Crippen molar-refractivity contribution in [2.45, 2.75) is 18.9 Å². The third-order valence-electron chi connectivity index (χ3n) is 4.72. The van der Waals surface area contributed by atoms with E-state index < -0.39 is 11.5 Å². The number of morpholine rings is 1. The van der Waals surface area contributed by atoms with Crippen molar-refractivity contribution in [2.24, 2.45) is 5.73 Å². The number of aromatic nitrogens is 1. The Labute approximate surface area is 158 Å². The van der Waals surface area contributed by atoms with Gasteiger partial charge in [0.05, 0.1) is 25.8 Å². The van der Waals surface area contributed by atoms with Crippen LogP contribution in [-0.4, -0.2) is 54.1 Å². The predicted molar refractivity (Wildman–Crippen MR) is 99.5 cm³/mol. The molecule has 142 valence electrons. The summed E-state index contributed by atoms with van der Waals surface area (Å²) in [5.74, 6) is 0.0332. The van der Waals surface area contributed by atoms with Crippen molar-refractivity contribution in [1.29, 1.82) is 0 Å². The van der Waals surface area contributed by atoms with E-state index in [4.69, 9.17) is 15.2 Å². The lowest BCUT2D eigenvalue weighted by molar-refractivity contribution is -0.150. The molecule has 2 heterocycles. The van der Waals surface area contributed by atoms with Gasteiger partial charge in [-0.25, -0.2) is 0 Å². The Morgan fingerprint density at radius 1 is 1.30 bits per heavy atom. The Balaban J connectivity index is 1.71. The molecule has 1 aliphatic heterocycles. The first-order valence-electron chi connectivity index (χ1n) is 8.73. The zero-order valence-electron chi connectivity index (χ0n) is 15.5. The highest BCUT2D eigenvalue weighted by molar-refractivity contribution is 5.95. The van der Waals surface area contributed by atoms with Gasteiger partial charge in [0.25, 0.3) is 11.8 Å². The molecule has 1 aromatic carbocycles. The summed E-state index contributed by atoms with van der Waals surface area (Å²) >= 11 is 0. The zero-order valence-corrected chi connectivity index (χ0v) is 15.5. The van der Waals surface area contributed by atoms with Crippen molar-refractivity contribution < 1.29 is 19.1 Å². The maximum Gasteiger partial charge on any atom is 0.255 e. The summed E-state index contributed by atoms with van der Waals surface area (Å²) in [6.07, 6.45) is 2.17. The van der Waals surface area contributed by atoms with E-state index in [0.29, 0.717) is 18.5 Å². The van der Waals surface area contributed by atoms with Gasteiger partial charge in [0.15, 0.2) is 5.60 Å². The molecule has 2 N–H and O–H groups in total. The van der Waals surface area contributed by atoms with Crippen LogP contribution in [-0.2, 0) is 16.0 Å². The summed E-state index contributed by atoms with van der Waals surface area (Å²) in [5.41, 5.74) is 6.56. The molecule has 3 rings (SSSR count). The summed E-state index contributed by atoms with van der Waals surface area (Å²) in [4.78, 5) is 30.3. The van der Waals surface area contributed by atoms with Crippen LogP contribution in [0.25, 0.3) is 0 Å². The normalized spacial score (nSPS) is 19.6. The first-order valence-corrected chi connectivity index (χ1v) is 8.73. The average molecular weight is 369 g/mol. The number of pyridine rings is 1. The zero-order chi connectivity index (χ0) is 19.4. The molecule has 1 atom stereocenters. The number of carbonyl (C=O) groups is 2. The van der Waals surface area contributed by atoms with Crippen LogP contribution in [0.5, 0.6) is 5.75 Å². The number of ether oxygens (including phenoxy) is 2. The van der Waals surface area contributed by atoms with E-state index in [0.717, 1.165) is 17.0 Å². The molecule has 0 spiro atoms. The molecule has 7 heteroatoms. The molecular weight excluding hydrogens is 346 g/mol. The fourth-order valence-electron chi connectivity index (χ4n) is 3.07. The maximum atomic E-state index is 12.7. The number of para-hydroxylation sites is 1. The number of benzene rings is 1. The number of rotatable bonds is 5. The number of hydrogen-bond acceptors (Lipinski definition) is 5. The number of nitrogens with two attached hydrogens (primary N) is 1. The van der Waals surface area contributed by atoms with Crippen LogP contribution in [0.2, 0.25) is 0 Å². The van der Waals surface area contributed by atoms with Gasteiger partial charge in [-0.15, -0.1) is 0 Å². The average Bonchev–Trinajstić information content (AvgIpc) is 2.68. The molecule has 1 fully saturated rings. The van der Waals surface area contributed by atoms with Crippen LogP contribution in [0.3, 0.4) is 0 Å². The highest BCUT2D eigenvalue weighted by atomic mass is 16.5. The van der Waals surface area contributed by atoms with Gasteiger partial charge in [-0.3, -0.25) is 14.6 Å². The van der Waals surface area contributed by atoms with Crippen molar-refractivity contribution in [2.75, 3.05) is 26.8 Å². The third-order valence-corrected chi connectivity index (χ3v) is 4.72. The topological polar surface area (TPSA) is 94.7 Å². The fourth-order valence-corrected chi connectivity index (χ4v) is 3.07. The molecule has 1 saturated heterocycles. The second kappa shape index (κ2) is 7.75. The lowest BCUT2D eigenvalue weighted by Crippen LogP contribution is -2.58. The van der Waals surface area contributed by atoms with E-state index >= 15 is 0 Å². The summed E-state index contributed by atoms with van der Waals surface area (Å²) in [7, 11) is 1.64. The van der Waals surface area contributed by atoms with Gasteiger partial charge < -0.3 is 20.1 Å². The molecule has 27 heavy (non-hydrogen) atoms. The minimum absolute atomic E-state index is 0.129. The standard InChI is InChI=1S/C20H23N3O4/c1-20(19(21)25)13-23(9-10-27-20)18(24)15-7-8-16(22-12-15)11-14-5-3-4-6-17(14)26-2/h3-8,12H,9-11,13H2,1-2H3,(H2,21,25)/t20-/m1/s1. The molecule has 7 nitrogen and oxygen atoms in total. The molecule has 0 bridgehead atoms. The lowest BCUT2D eigenvalue weighted by Gasteiger charge is -2.38. The molecule has 1 aliphatic rings. The van der Waals surface area contributed by atoms with Crippen molar-refractivity contribution in [3.05, 3.63) is 59.4 Å². The van der Waals surface area contributed by atoms with Gasteiger partial charge in [-0.05, 0) is 25.1 Å². The Kier molecular flexibility index (Phi) is 5.41. The Bertz CT molecular complexity index is 837. The maximum absolute atomic E-state index is 12.7. The Morgan fingerprint density at radius 3 is 2.74 bits per heavy atom. The fraction of sp³-hybridized carbons (Fsp3) is 0.350. The van der Waals surface area contributed by atoms with Gasteiger partial charge in [0, 0.05) is 30.4 Å². The summed E-state index contributed by atoms with van der Waals surface area (Å²) < 4.78 is 10.8. The number of nitrogens with zero attached hydrogens (tertiary/aromatic N) is 2. The van der Waals surface area contributed by atoms with Crippen molar-refractivity contribution in [1.82, 2.24) is 9.88 Å². The molecule has 0 saturated carbocycles. The first-order chi connectivity index (χ1) is 12.9. The van der Waals surface area contributed by atoms with Crippen molar-refractivity contribution >= 4 is 11.8 Å². The number of methoxy groups -OCH3 is 1. The largest absolute Gasteiger partial charge is 0.496 e. The molecule has 2 amide bonds. The van der Waals surface area contributed by atoms with Gasteiger partial charge >= 0.3 is 0 Å². The quantitative estimate of drug-likeness (QED) is 0.860. The second-order valence-corrected chi connectivity index (χ2v) is 6.70. The van der Waals surface area contributed by atoms with E-state index in [1.165, 1.54) is 0 Å². The van der Waals surface area contributed by atoms with Crippen molar-refractivity contribution in [3.63, 3.8) is 0 Å². The van der Waals surface area contributed by atoms with E-state index in [2.05, 4.69) is 4.98 Å². The van der Waals surface area contributed by atoms with Crippen LogP contribution in [0.4, 0.5) is 0 Å². The highest BCUT2D eigenvalue weighted by Gasteiger charge is 2.39. The Hall–Kier alpha value is -2.93. The van der Waals surface area contributed by atoms with Crippen LogP contribution >= 0.6 is 0 Å². The monoisotopic (exact) mass is 369 g/mol. The van der Waals surface area contributed by atoms with Crippen LogP contribution < -0.4 is 10.5 Å². The molecular formula is C20H23N3O4. The highest BCUT2D eigenvalue weighted by Crippen LogP contribution is 2.21. The molecule has 1 aromatic heterocycles. The summed E-state index contributed by atoms with van der Waals surface area (Å²) in [6.45, 7) is 2.41. The van der Waals surface area contributed by atoms with Gasteiger partial charge in [-0.1, -0.05) is 18.2 Å². The molecule has 0 unspecified atom stereocenters. The van der Waals surface area contributed by atoms with E-state index in [1.54, 1.807) is 31.2 Å². The van der Waals surface area contributed by atoms with E-state index in [1.807, 2.05) is 30.3 Å². The minimum Gasteiger partial charge on any atom is -0.496 e. The number of carbonyl (C=O) groups excluding carboxylic acids is 2. The van der Waals surface area contributed by atoms with Crippen LogP contribution in [0.1, 0.15) is 28.5 Å². The predicted octanol–water partition coefficient (Wildman–Crippen LogP) is 1.40.